The van der Waals surface area contributed by atoms with Gasteiger partial charge in [0.05, 0.1) is 0 Å². The number of aromatic nitrogens is 4. The predicted molar refractivity (Wildman–Crippen MR) is 74.0 cm³/mol. The summed E-state index contributed by atoms with van der Waals surface area (Å²) < 4.78 is 2.02. The highest BCUT2D eigenvalue weighted by Gasteiger charge is 2.36. The maximum absolute atomic E-state index is 6.12. The largest absolute Gasteiger partial charge is 0.329 e. The van der Waals surface area contributed by atoms with Crippen LogP contribution in [-0.4, -0.2) is 26.1 Å². The van der Waals surface area contributed by atoms with Crippen LogP contribution in [0.25, 0.3) is 5.65 Å². The molecule has 1 fully saturated rings. The minimum absolute atomic E-state index is 0.0210. The van der Waals surface area contributed by atoms with Crippen LogP contribution in [0.4, 0.5) is 0 Å². The molecule has 2 N–H and O–H groups in total. The Morgan fingerprint density at radius 2 is 1.95 bits per heavy atom. The lowest BCUT2D eigenvalue weighted by molar-refractivity contribution is 0.355. The number of aryl methyl sites for hydroxylation is 1. The first-order valence-corrected chi connectivity index (χ1v) is 7.13. The zero-order valence-corrected chi connectivity index (χ0v) is 11.5. The molecule has 0 aromatic carbocycles. The van der Waals surface area contributed by atoms with E-state index >= 15 is 0 Å². The molecule has 0 saturated heterocycles. The molecule has 0 aliphatic heterocycles. The number of fused-ring (bicyclic) bond motifs is 1. The van der Waals surface area contributed by atoms with E-state index in [1.807, 2.05) is 23.7 Å². The molecular formula is C14H21N5. The molecule has 2 aromatic rings. The fraction of sp³-hybridized carbons (Fsp3) is 0.643. The van der Waals surface area contributed by atoms with E-state index in [0.29, 0.717) is 6.54 Å². The first kappa shape index (κ1) is 12.5. The van der Waals surface area contributed by atoms with Crippen LogP contribution in [-0.2, 0) is 5.41 Å². The Morgan fingerprint density at radius 1 is 1.21 bits per heavy atom. The quantitative estimate of drug-likeness (QED) is 0.837. The Kier molecular flexibility index (Phi) is 3.22. The van der Waals surface area contributed by atoms with Crippen LogP contribution in [0.2, 0.25) is 0 Å². The molecule has 102 valence electrons. The van der Waals surface area contributed by atoms with Gasteiger partial charge in [0, 0.05) is 23.7 Å². The van der Waals surface area contributed by atoms with Gasteiger partial charge in [-0.2, -0.15) is 0 Å². The van der Waals surface area contributed by atoms with Gasteiger partial charge in [-0.3, -0.25) is 4.40 Å². The van der Waals surface area contributed by atoms with E-state index in [0.717, 1.165) is 30.0 Å². The molecule has 1 aliphatic rings. The summed E-state index contributed by atoms with van der Waals surface area (Å²) in [5.74, 6) is 0.999. The summed E-state index contributed by atoms with van der Waals surface area (Å²) in [7, 11) is 0. The molecule has 3 rings (SSSR count). The molecule has 0 radical (unpaired) electrons. The lowest BCUT2D eigenvalue weighted by atomic mass is 9.79. The van der Waals surface area contributed by atoms with Crippen molar-refractivity contribution in [3.8, 4) is 0 Å². The number of nitrogens with two attached hydrogens (primary N) is 1. The third kappa shape index (κ3) is 2.12. The fourth-order valence-electron chi connectivity index (χ4n) is 3.17. The van der Waals surface area contributed by atoms with Crippen molar-refractivity contribution in [3.63, 3.8) is 0 Å². The van der Waals surface area contributed by atoms with Crippen molar-refractivity contribution in [2.75, 3.05) is 6.54 Å². The SMILES string of the molecule is Cc1cc2nnc(C3(CN)CCCCCC3)n2cn1. The molecule has 0 unspecified atom stereocenters. The average Bonchev–Trinajstić information content (AvgIpc) is 2.69. The van der Waals surface area contributed by atoms with Gasteiger partial charge in [0.15, 0.2) is 5.65 Å². The van der Waals surface area contributed by atoms with E-state index in [1.165, 1.54) is 25.7 Å². The van der Waals surface area contributed by atoms with Crippen LogP contribution < -0.4 is 5.73 Å². The van der Waals surface area contributed by atoms with E-state index in [-0.39, 0.29) is 5.41 Å². The number of nitrogens with zero attached hydrogens (tertiary/aromatic N) is 4. The van der Waals surface area contributed by atoms with Gasteiger partial charge in [-0.25, -0.2) is 4.98 Å². The fourth-order valence-corrected chi connectivity index (χ4v) is 3.17. The van der Waals surface area contributed by atoms with Gasteiger partial charge in [-0.05, 0) is 19.8 Å². The minimum atomic E-state index is -0.0210. The summed E-state index contributed by atoms with van der Waals surface area (Å²) in [6.07, 6.45) is 9.11. The van der Waals surface area contributed by atoms with Crippen molar-refractivity contribution >= 4 is 5.65 Å². The monoisotopic (exact) mass is 259 g/mol. The van der Waals surface area contributed by atoms with Gasteiger partial charge in [-0.1, -0.05) is 25.7 Å². The molecule has 5 nitrogen and oxygen atoms in total. The van der Waals surface area contributed by atoms with Crippen molar-refractivity contribution in [1.29, 1.82) is 0 Å². The summed E-state index contributed by atoms with van der Waals surface area (Å²) in [6.45, 7) is 2.61. The average molecular weight is 259 g/mol. The number of rotatable bonds is 2. The minimum Gasteiger partial charge on any atom is -0.329 e. The number of hydrogen-bond acceptors (Lipinski definition) is 4. The first-order valence-electron chi connectivity index (χ1n) is 7.13. The summed E-state index contributed by atoms with van der Waals surface area (Å²) >= 11 is 0. The highest BCUT2D eigenvalue weighted by molar-refractivity contribution is 5.39. The van der Waals surface area contributed by atoms with Crippen LogP contribution in [0.3, 0.4) is 0 Å². The molecular weight excluding hydrogens is 238 g/mol. The van der Waals surface area contributed by atoms with Gasteiger partial charge >= 0.3 is 0 Å². The molecule has 2 aromatic heterocycles. The molecule has 0 spiro atoms. The van der Waals surface area contributed by atoms with Crippen LogP contribution in [0.1, 0.15) is 50.0 Å². The van der Waals surface area contributed by atoms with Crippen LogP contribution in [0.5, 0.6) is 0 Å². The molecule has 2 heterocycles. The second kappa shape index (κ2) is 4.89. The Labute approximate surface area is 113 Å². The maximum atomic E-state index is 6.12. The Morgan fingerprint density at radius 3 is 2.63 bits per heavy atom. The van der Waals surface area contributed by atoms with Crippen molar-refractivity contribution in [1.82, 2.24) is 19.6 Å². The molecule has 0 bridgehead atoms. The van der Waals surface area contributed by atoms with Gasteiger partial charge < -0.3 is 5.73 Å². The standard InChI is InChI=1S/C14H21N5/c1-11-8-12-17-18-13(19(12)10-16-11)14(9-15)6-4-2-3-5-7-14/h8,10H,2-7,9,15H2,1H3. The third-order valence-corrected chi connectivity index (χ3v) is 4.36. The normalized spacial score (nSPS) is 19.5. The highest BCUT2D eigenvalue weighted by Crippen LogP contribution is 2.36. The van der Waals surface area contributed by atoms with Crippen molar-refractivity contribution in [3.05, 3.63) is 23.9 Å². The molecule has 5 heteroatoms. The van der Waals surface area contributed by atoms with Crippen LogP contribution in [0.15, 0.2) is 12.4 Å². The predicted octanol–water partition coefficient (Wildman–Crippen LogP) is 1.98. The molecule has 0 atom stereocenters. The second-order valence-electron chi connectivity index (χ2n) is 5.68. The Balaban J connectivity index is 2.10. The van der Waals surface area contributed by atoms with Crippen molar-refractivity contribution in [2.24, 2.45) is 5.73 Å². The highest BCUT2D eigenvalue weighted by atomic mass is 15.3. The number of hydrogen-bond donors (Lipinski definition) is 1. The van der Waals surface area contributed by atoms with E-state index in [4.69, 9.17) is 5.73 Å². The molecule has 1 saturated carbocycles. The van der Waals surface area contributed by atoms with Gasteiger partial charge in [0.25, 0.3) is 0 Å². The molecule has 0 amide bonds. The molecule has 19 heavy (non-hydrogen) atoms. The zero-order chi connectivity index (χ0) is 13.3. The van der Waals surface area contributed by atoms with Gasteiger partial charge in [-0.15, -0.1) is 10.2 Å². The van der Waals surface area contributed by atoms with E-state index in [9.17, 15) is 0 Å². The third-order valence-electron chi connectivity index (χ3n) is 4.36. The van der Waals surface area contributed by atoms with Crippen LogP contribution in [0, 0.1) is 6.92 Å². The Hall–Kier alpha value is -1.49. The van der Waals surface area contributed by atoms with Gasteiger partial charge in [0.2, 0.25) is 0 Å². The van der Waals surface area contributed by atoms with Crippen molar-refractivity contribution < 1.29 is 0 Å². The summed E-state index contributed by atoms with van der Waals surface area (Å²) in [6, 6.07) is 1.97. The summed E-state index contributed by atoms with van der Waals surface area (Å²) in [4.78, 5) is 4.37. The lowest BCUT2D eigenvalue weighted by Crippen LogP contribution is -2.36. The van der Waals surface area contributed by atoms with E-state index in [1.54, 1.807) is 0 Å². The summed E-state index contributed by atoms with van der Waals surface area (Å²) in [5.41, 5.74) is 7.94. The second-order valence-corrected chi connectivity index (χ2v) is 5.68. The maximum Gasteiger partial charge on any atom is 0.163 e. The summed E-state index contributed by atoms with van der Waals surface area (Å²) in [5, 5.41) is 8.73. The Bertz CT molecular complexity index is 566. The van der Waals surface area contributed by atoms with E-state index in [2.05, 4.69) is 15.2 Å². The smallest absolute Gasteiger partial charge is 0.163 e. The first-order chi connectivity index (χ1) is 9.25. The lowest BCUT2D eigenvalue weighted by Gasteiger charge is -2.29. The molecule has 1 aliphatic carbocycles. The van der Waals surface area contributed by atoms with Crippen molar-refractivity contribution in [2.45, 2.75) is 50.9 Å². The van der Waals surface area contributed by atoms with Crippen LogP contribution >= 0.6 is 0 Å². The van der Waals surface area contributed by atoms with Gasteiger partial charge in [0.1, 0.15) is 12.2 Å². The zero-order valence-electron chi connectivity index (χ0n) is 11.5. The topological polar surface area (TPSA) is 69.1 Å². The van der Waals surface area contributed by atoms with E-state index < -0.39 is 0 Å².